The summed E-state index contributed by atoms with van der Waals surface area (Å²) in [7, 11) is -2.28. The van der Waals surface area contributed by atoms with Crippen LogP contribution in [0.4, 0.5) is 0 Å². The Morgan fingerprint density at radius 2 is 1.53 bits per heavy atom. The fraction of sp³-hybridized carbons (Fsp3) is 0.208. The van der Waals surface area contributed by atoms with E-state index >= 15 is 0 Å². The molecule has 0 radical (unpaired) electrons. The highest BCUT2D eigenvalue weighted by Gasteiger charge is 2.33. The second kappa shape index (κ2) is 7.93. The molecule has 2 N–H and O–H groups in total. The minimum atomic E-state index is -3.83. The van der Waals surface area contributed by atoms with Crippen LogP contribution in [0.15, 0.2) is 59.6 Å². The van der Waals surface area contributed by atoms with E-state index < -0.39 is 15.9 Å². The summed E-state index contributed by atoms with van der Waals surface area (Å²) in [6.07, 6.45) is 1.35. The summed E-state index contributed by atoms with van der Waals surface area (Å²) < 4.78 is 28.7. The molecule has 1 fully saturated rings. The average molecular weight is 479 g/mol. The molecular weight excluding hydrogens is 456 g/mol. The third-order valence-electron chi connectivity index (χ3n) is 6.37. The number of sulfonamides is 1. The number of fused-ring (bicyclic) bond motifs is 3. The maximum absolute atomic E-state index is 13.1. The number of carbonyl (C=O) groups excluding carboxylic acids is 3. The number of carbonyl (C=O) groups is 3. The van der Waals surface area contributed by atoms with Crippen molar-refractivity contribution in [2.24, 2.45) is 12.8 Å². The predicted octanol–water partition coefficient (Wildman–Crippen LogP) is 1.48. The van der Waals surface area contributed by atoms with Crippen molar-refractivity contribution < 1.29 is 22.8 Å². The zero-order valence-electron chi connectivity index (χ0n) is 18.4. The van der Waals surface area contributed by atoms with Gasteiger partial charge in [0.05, 0.1) is 0 Å². The van der Waals surface area contributed by atoms with Crippen LogP contribution in [0.25, 0.3) is 11.1 Å². The number of hydrogen-bond acceptors (Lipinski definition) is 5. The van der Waals surface area contributed by atoms with Crippen molar-refractivity contribution in [2.75, 3.05) is 26.2 Å². The molecule has 1 aliphatic heterocycles. The number of aryl methyl sites for hydroxylation is 1. The molecule has 1 saturated heterocycles. The Morgan fingerprint density at radius 3 is 2.18 bits per heavy atom. The van der Waals surface area contributed by atoms with Crippen LogP contribution in [0.3, 0.4) is 0 Å². The number of ketones is 1. The van der Waals surface area contributed by atoms with E-state index in [0.29, 0.717) is 16.7 Å². The first-order chi connectivity index (χ1) is 16.2. The largest absolute Gasteiger partial charge is 0.364 e. The number of amides is 2. The lowest BCUT2D eigenvalue weighted by Gasteiger charge is -2.34. The molecule has 2 heterocycles. The Morgan fingerprint density at radius 1 is 0.882 bits per heavy atom. The minimum Gasteiger partial charge on any atom is -0.364 e. The number of nitrogens with zero attached hydrogens (tertiary/aromatic N) is 3. The van der Waals surface area contributed by atoms with E-state index in [0.717, 1.165) is 11.1 Å². The first kappa shape index (κ1) is 22.1. The molecule has 0 bridgehead atoms. The molecule has 3 aromatic rings. The number of primary amides is 1. The molecule has 9 nitrogen and oxygen atoms in total. The Bertz CT molecular complexity index is 1470. The molecule has 0 saturated carbocycles. The second-order valence-corrected chi connectivity index (χ2v) is 10.3. The highest BCUT2D eigenvalue weighted by Crippen LogP contribution is 2.37. The zero-order valence-corrected chi connectivity index (χ0v) is 19.2. The first-order valence-corrected chi connectivity index (χ1v) is 12.2. The van der Waals surface area contributed by atoms with Gasteiger partial charge < -0.3 is 15.2 Å². The fourth-order valence-corrected chi connectivity index (χ4v) is 6.04. The Balaban J connectivity index is 1.31. The van der Waals surface area contributed by atoms with Gasteiger partial charge in [-0.25, -0.2) is 8.42 Å². The molecule has 174 valence electrons. The van der Waals surface area contributed by atoms with Crippen LogP contribution < -0.4 is 5.73 Å². The van der Waals surface area contributed by atoms with E-state index in [9.17, 15) is 22.8 Å². The number of hydrogen-bond donors (Lipinski definition) is 1. The summed E-state index contributed by atoms with van der Waals surface area (Å²) in [5.41, 5.74) is 8.58. The molecule has 2 amide bonds. The van der Waals surface area contributed by atoms with Crippen LogP contribution in [-0.2, 0) is 17.1 Å². The number of benzene rings is 2. The molecule has 0 spiro atoms. The average Bonchev–Trinajstić information content (AvgIpc) is 3.37. The molecule has 2 aliphatic rings. The maximum Gasteiger partial charge on any atom is 0.265 e. The summed E-state index contributed by atoms with van der Waals surface area (Å²) in [6, 6.07) is 13.7. The van der Waals surface area contributed by atoms with Crippen molar-refractivity contribution in [1.29, 1.82) is 0 Å². The number of piperazine rings is 1. The van der Waals surface area contributed by atoms with Gasteiger partial charge in [0.25, 0.3) is 11.8 Å². The third-order valence-corrected chi connectivity index (χ3v) is 8.23. The van der Waals surface area contributed by atoms with Gasteiger partial charge in [0, 0.05) is 56.1 Å². The van der Waals surface area contributed by atoms with Crippen LogP contribution in [0.5, 0.6) is 0 Å². The molecule has 5 rings (SSSR count). The lowest BCUT2D eigenvalue weighted by Crippen LogP contribution is -2.50. The molecule has 0 atom stereocenters. The molecule has 2 aromatic carbocycles. The fourth-order valence-electron chi connectivity index (χ4n) is 4.54. The second-order valence-electron chi connectivity index (χ2n) is 8.37. The highest BCUT2D eigenvalue weighted by atomic mass is 32.2. The van der Waals surface area contributed by atoms with E-state index in [-0.39, 0.29) is 48.5 Å². The quantitative estimate of drug-likeness (QED) is 0.476. The highest BCUT2D eigenvalue weighted by molar-refractivity contribution is 7.89. The van der Waals surface area contributed by atoms with Crippen molar-refractivity contribution in [1.82, 2.24) is 13.8 Å². The van der Waals surface area contributed by atoms with Crippen LogP contribution >= 0.6 is 0 Å². The summed E-state index contributed by atoms with van der Waals surface area (Å²) in [5, 5.41) is 0. The van der Waals surface area contributed by atoms with Gasteiger partial charge in [0.2, 0.25) is 10.0 Å². The molecular formula is C24H22N4O5S. The standard InChI is InChI=1S/C24H22N4O5S/c1-26-14-16(13-21(26)23(25)30)34(32,33)28-10-8-27(9-11-28)24(31)15-6-7-18-17-4-2-3-5-19(17)22(29)20(18)12-15/h2-7,12-14H,8-11H2,1H3,(H2,25,30). The monoisotopic (exact) mass is 478 g/mol. The molecule has 1 aliphatic carbocycles. The van der Waals surface area contributed by atoms with Gasteiger partial charge in [-0.05, 0) is 29.3 Å². The summed E-state index contributed by atoms with van der Waals surface area (Å²) in [6.45, 7) is 0.645. The van der Waals surface area contributed by atoms with Crippen LogP contribution in [0, 0.1) is 0 Å². The molecule has 1 aromatic heterocycles. The molecule has 34 heavy (non-hydrogen) atoms. The van der Waals surface area contributed by atoms with Crippen LogP contribution in [-0.4, -0.2) is 66.0 Å². The molecule has 10 heteroatoms. The number of aromatic nitrogens is 1. The zero-order chi connectivity index (χ0) is 24.2. The summed E-state index contributed by atoms with van der Waals surface area (Å²) in [5.74, 6) is -1.07. The summed E-state index contributed by atoms with van der Waals surface area (Å²) >= 11 is 0. The van der Waals surface area contributed by atoms with E-state index in [1.54, 1.807) is 36.2 Å². The van der Waals surface area contributed by atoms with Crippen molar-refractivity contribution in [2.45, 2.75) is 4.90 Å². The first-order valence-electron chi connectivity index (χ1n) is 10.7. The SMILES string of the molecule is Cn1cc(S(=O)(=O)N2CCN(C(=O)c3ccc4c(c3)C(=O)c3ccccc3-4)CC2)cc1C(N)=O. The number of rotatable bonds is 4. The van der Waals surface area contributed by atoms with E-state index in [1.165, 1.54) is 21.1 Å². The normalized spacial score (nSPS) is 15.8. The number of nitrogens with two attached hydrogens (primary N) is 1. The van der Waals surface area contributed by atoms with Gasteiger partial charge in [-0.3, -0.25) is 14.4 Å². The smallest absolute Gasteiger partial charge is 0.265 e. The van der Waals surface area contributed by atoms with Crippen molar-refractivity contribution >= 4 is 27.6 Å². The predicted molar refractivity (Wildman–Crippen MR) is 124 cm³/mol. The topological polar surface area (TPSA) is 123 Å². The van der Waals surface area contributed by atoms with E-state index in [2.05, 4.69) is 0 Å². The van der Waals surface area contributed by atoms with Gasteiger partial charge >= 0.3 is 0 Å². The van der Waals surface area contributed by atoms with Crippen LogP contribution in [0.1, 0.15) is 36.8 Å². The van der Waals surface area contributed by atoms with Gasteiger partial charge in [-0.2, -0.15) is 4.31 Å². The van der Waals surface area contributed by atoms with E-state index in [1.807, 2.05) is 18.2 Å². The van der Waals surface area contributed by atoms with Crippen molar-refractivity contribution in [3.05, 3.63) is 77.1 Å². The lowest BCUT2D eigenvalue weighted by atomic mass is 10.0. The third kappa shape index (κ3) is 3.42. The van der Waals surface area contributed by atoms with Crippen LogP contribution in [0.2, 0.25) is 0 Å². The Hall–Kier alpha value is -3.76. The Kier molecular flexibility index (Phi) is 5.14. The Labute approximate surface area is 196 Å². The summed E-state index contributed by atoms with van der Waals surface area (Å²) in [4.78, 5) is 38.9. The molecule has 0 unspecified atom stereocenters. The van der Waals surface area contributed by atoms with Gasteiger partial charge in [-0.1, -0.05) is 30.3 Å². The van der Waals surface area contributed by atoms with Gasteiger partial charge in [0.1, 0.15) is 10.6 Å². The van der Waals surface area contributed by atoms with Gasteiger partial charge in [0.15, 0.2) is 5.78 Å². The maximum atomic E-state index is 13.1. The lowest BCUT2D eigenvalue weighted by molar-refractivity contribution is 0.0697. The minimum absolute atomic E-state index is 0.0136. The van der Waals surface area contributed by atoms with Gasteiger partial charge in [-0.15, -0.1) is 0 Å². The van der Waals surface area contributed by atoms with Crippen molar-refractivity contribution in [3.8, 4) is 11.1 Å². The van der Waals surface area contributed by atoms with E-state index in [4.69, 9.17) is 5.73 Å². The van der Waals surface area contributed by atoms with Crippen molar-refractivity contribution in [3.63, 3.8) is 0 Å².